The van der Waals surface area contributed by atoms with Crippen molar-refractivity contribution in [2.75, 3.05) is 37.8 Å². The van der Waals surface area contributed by atoms with Crippen LogP contribution in [-0.4, -0.2) is 123 Å². The lowest BCUT2D eigenvalue weighted by molar-refractivity contribution is -0.137. The zero-order valence-corrected chi connectivity index (χ0v) is 40.0. The van der Waals surface area contributed by atoms with Gasteiger partial charge in [0.15, 0.2) is 22.8 Å². The topological polar surface area (TPSA) is 364 Å². The Balaban J connectivity index is 1.34. The second kappa shape index (κ2) is 27.1. The highest BCUT2D eigenvalue weighted by atomic mass is 32.2. The summed E-state index contributed by atoms with van der Waals surface area (Å²) in [4.78, 5) is 88.2. The zero-order valence-electron chi connectivity index (χ0n) is 36.5. The first-order chi connectivity index (χ1) is 30.6. The van der Waals surface area contributed by atoms with Gasteiger partial charge in [0, 0.05) is 37.1 Å². The number of unbranched alkanes of at least 4 members (excludes halogenated alkanes) is 7. The van der Waals surface area contributed by atoms with Gasteiger partial charge in [0.05, 0.1) is 19.5 Å². The molecule has 7 atom stereocenters. The van der Waals surface area contributed by atoms with Crippen LogP contribution < -0.4 is 16.4 Å². The highest BCUT2D eigenvalue weighted by Crippen LogP contribution is 2.61. The monoisotopic (exact) mass is 1000 g/mol. The van der Waals surface area contributed by atoms with Gasteiger partial charge >= 0.3 is 23.5 Å². The van der Waals surface area contributed by atoms with E-state index < -0.39 is 84.6 Å². The third kappa shape index (κ3) is 20.4. The number of aliphatic hydroxyl groups is 2. The number of anilines is 1. The molecule has 65 heavy (non-hydrogen) atoms. The third-order valence-electron chi connectivity index (χ3n) is 9.62. The Hall–Kier alpha value is -2.96. The van der Waals surface area contributed by atoms with E-state index in [1.807, 2.05) is 0 Å². The Labute approximate surface area is 381 Å². The van der Waals surface area contributed by atoms with E-state index in [1.165, 1.54) is 26.7 Å². The smallest absolute Gasteiger partial charge is 0.386 e. The molecule has 0 aliphatic carbocycles. The summed E-state index contributed by atoms with van der Waals surface area (Å²) in [5.74, 6) is -1.05. The molecule has 2 aromatic heterocycles. The van der Waals surface area contributed by atoms with Crippen LogP contribution in [0.4, 0.5) is 5.82 Å². The number of thioether (sulfide) groups is 1. The predicted octanol–water partition coefficient (Wildman–Crippen LogP) is 3.70. The summed E-state index contributed by atoms with van der Waals surface area (Å²) in [6, 6.07) is 0. The molecule has 0 saturated carbocycles. The summed E-state index contributed by atoms with van der Waals surface area (Å²) >= 11 is 1.14. The number of carbonyl (C=O) groups excluding carboxylic acids is 3. The van der Waals surface area contributed by atoms with Crippen molar-refractivity contribution in [2.24, 2.45) is 5.41 Å². The van der Waals surface area contributed by atoms with E-state index in [4.69, 9.17) is 19.5 Å². The van der Waals surface area contributed by atoms with Gasteiger partial charge in [-0.3, -0.25) is 32.5 Å². The Bertz CT molecular complexity index is 2050. The van der Waals surface area contributed by atoms with Crippen LogP contribution in [0.1, 0.15) is 97.6 Å². The molecule has 2 aromatic rings. The van der Waals surface area contributed by atoms with E-state index in [2.05, 4.69) is 65.6 Å². The van der Waals surface area contributed by atoms with Crippen LogP contribution in [0.3, 0.4) is 0 Å². The van der Waals surface area contributed by atoms with Crippen molar-refractivity contribution in [1.29, 1.82) is 0 Å². The highest BCUT2D eigenvalue weighted by molar-refractivity contribution is 8.13. The minimum atomic E-state index is -5.58. The molecule has 0 spiro atoms. The number of imidazole rings is 1. The lowest BCUT2D eigenvalue weighted by atomic mass is 9.87. The molecule has 0 aromatic carbocycles. The maximum absolute atomic E-state index is 12.7. The van der Waals surface area contributed by atoms with E-state index in [1.54, 1.807) is 0 Å². The first-order valence-electron chi connectivity index (χ1n) is 20.9. The molecule has 1 fully saturated rings. The van der Waals surface area contributed by atoms with Crippen molar-refractivity contribution < 1.29 is 80.5 Å². The van der Waals surface area contributed by atoms with Crippen molar-refractivity contribution in [3.63, 3.8) is 0 Å². The number of allylic oxidation sites excluding steroid dienone is 4. The van der Waals surface area contributed by atoms with Crippen LogP contribution in [0.25, 0.3) is 11.2 Å². The Morgan fingerprint density at radius 3 is 2.29 bits per heavy atom. The normalized spacial score (nSPS) is 20.6. The van der Waals surface area contributed by atoms with Crippen molar-refractivity contribution >= 4 is 69.1 Å². The van der Waals surface area contributed by atoms with E-state index in [-0.39, 0.29) is 41.6 Å². The first-order valence-corrected chi connectivity index (χ1v) is 26.4. The average Bonchev–Trinajstić information content (AvgIpc) is 3.79. The van der Waals surface area contributed by atoms with Crippen molar-refractivity contribution in [1.82, 2.24) is 30.2 Å². The lowest BCUT2D eigenvalue weighted by Gasteiger charge is -2.30. The summed E-state index contributed by atoms with van der Waals surface area (Å²) in [6.45, 7) is 2.72. The quantitative estimate of drug-likeness (QED) is 0.0295. The van der Waals surface area contributed by atoms with Gasteiger partial charge in [-0.1, -0.05) is 88.9 Å². The van der Waals surface area contributed by atoms with Crippen LogP contribution in [-0.2, 0) is 50.7 Å². The summed E-state index contributed by atoms with van der Waals surface area (Å²) in [5, 5.41) is 26.6. The molecule has 0 radical (unpaired) electrons. The van der Waals surface area contributed by atoms with Gasteiger partial charge in [-0.05, 0) is 25.7 Å². The molecule has 1 aliphatic rings. The van der Waals surface area contributed by atoms with E-state index in [9.17, 15) is 57.9 Å². The maximum Gasteiger partial charge on any atom is 0.481 e. The maximum atomic E-state index is 12.7. The number of nitrogen functional groups attached to an aromatic ring is 1. The second-order valence-electron chi connectivity index (χ2n) is 15.6. The summed E-state index contributed by atoms with van der Waals surface area (Å²) in [6.07, 6.45) is 11.8. The standard InChI is InChI=1S/C37H62N7O17P3S/c1-4-5-6-7-8-9-10-11-12-13-14-15-16-17-28(46)65-21-20-39-27(45)18-19-40-35(49)32(48)37(2,3)23-58-64(55,56)61-63(53,54)57-22-26-31(60-62(50,51)52)30(47)36(59-26)44-25-43-29-33(38)41-24-42-34(29)44/h7-10,24-26,30-32,36,47-48H,4-6,11-23H2,1-3H3,(H,39,45)(H,40,49)(H,53,54)(H,55,56)(H2,38,41,42)(H2,50,51,52)/b8-7+,10-9-/t26-,30-,31-,32+,36-/m1/s1. The van der Waals surface area contributed by atoms with Crippen molar-refractivity contribution in [3.8, 4) is 0 Å². The first kappa shape index (κ1) is 56.4. The summed E-state index contributed by atoms with van der Waals surface area (Å²) < 4.78 is 62.4. The van der Waals surface area contributed by atoms with Gasteiger partial charge in [-0.25, -0.2) is 28.6 Å². The van der Waals surface area contributed by atoms with Crippen molar-refractivity contribution in [2.45, 2.75) is 122 Å². The zero-order chi connectivity index (χ0) is 48.3. The van der Waals surface area contributed by atoms with E-state index in [0.717, 1.165) is 73.9 Å². The fourth-order valence-electron chi connectivity index (χ4n) is 6.10. The minimum absolute atomic E-state index is 0.0320. The molecule has 24 nitrogen and oxygen atoms in total. The number of aromatic nitrogens is 4. The van der Waals surface area contributed by atoms with Gasteiger partial charge in [0.25, 0.3) is 0 Å². The number of nitrogens with one attached hydrogen (secondary N) is 2. The second-order valence-corrected chi connectivity index (χ2v) is 21.0. The number of phosphoric ester groups is 3. The minimum Gasteiger partial charge on any atom is -0.386 e. The number of amides is 2. The van der Waals surface area contributed by atoms with Crippen LogP contribution in [0.15, 0.2) is 37.0 Å². The molecular weight excluding hydrogens is 939 g/mol. The van der Waals surface area contributed by atoms with Gasteiger partial charge in [-0.2, -0.15) is 4.31 Å². The summed E-state index contributed by atoms with van der Waals surface area (Å²) in [7, 11) is -16.4. The number of aliphatic hydroxyl groups excluding tert-OH is 2. The van der Waals surface area contributed by atoms with Crippen molar-refractivity contribution in [3.05, 3.63) is 37.0 Å². The molecular formula is C37H62N7O17P3S. The molecule has 2 amide bonds. The Kier molecular flexibility index (Phi) is 23.5. The van der Waals surface area contributed by atoms with E-state index in [0.29, 0.717) is 12.2 Å². The number of nitrogens with zero attached hydrogens (tertiary/aromatic N) is 4. The van der Waals surface area contributed by atoms with Gasteiger partial charge in [-0.15, -0.1) is 0 Å². The SMILES string of the molecule is CCCC/C=C/C=C\CCCCCCCC(=O)SCCNC(=O)CCNC(=O)[C@H](O)C(C)(C)COP(=O)(O)OP(=O)(O)OC[C@H]1O[C@@H](n2cnc3c(N)ncnc32)[C@H](O)[C@@H]1OP(=O)(O)O. The van der Waals surface area contributed by atoms with Crippen LogP contribution in [0, 0.1) is 5.41 Å². The summed E-state index contributed by atoms with van der Waals surface area (Å²) in [5.41, 5.74) is 4.28. The molecule has 2 unspecified atom stereocenters. The number of carbonyl (C=O) groups is 3. The predicted molar refractivity (Wildman–Crippen MR) is 237 cm³/mol. The van der Waals surface area contributed by atoms with E-state index >= 15 is 0 Å². The number of hydrogen-bond donors (Lipinski definition) is 9. The number of rotatable bonds is 31. The lowest BCUT2D eigenvalue weighted by Crippen LogP contribution is -2.46. The molecule has 0 bridgehead atoms. The number of phosphoric acid groups is 3. The van der Waals surface area contributed by atoms with Crippen LogP contribution in [0.2, 0.25) is 0 Å². The van der Waals surface area contributed by atoms with Gasteiger partial charge in [0.1, 0.15) is 36.3 Å². The largest absolute Gasteiger partial charge is 0.481 e. The van der Waals surface area contributed by atoms with Gasteiger partial charge in [0.2, 0.25) is 11.8 Å². The molecule has 3 rings (SSSR count). The van der Waals surface area contributed by atoms with Crippen LogP contribution in [0.5, 0.6) is 0 Å². The number of ether oxygens (including phenoxy) is 1. The number of fused-ring (bicyclic) bond motifs is 1. The Morgan fingerprint density at radius 1 is 0.938 bits per heavy atom. The Morgan fingerprint density at radius 2 is 1.60 bits per heavy atom. The number of nitrogens with two attached hydrogens (primary N) is 1. The fourth-order valence-corrected chi connectivity index (χ4v) is 9.65. The fraction of sp³-hybridized carbons (Fsp3) is 0.676. The third-order valence-corrected chi connectivity index (χ3v) is 13.7. The molecule has 1 aliphatic heterocycles. The molecule has 28 heteroatoms. The molecule has 368 valence electrons. The molecule has 1 saturated heterocycles. The highest BCUT2D eigenvalue weighted by Gasteiger charge is 2.50. The molecule has 10 N–H and O–H groups in total. The van der Waals surface area contributed by atoms with Crippen LogP contribution >= 0.6 is 35.2 Å². The number of hydrogen-bond acceptors (Lipinski definition) is 18. The average molecular weight is 1000 g/mol. The molecule has 3 heterocycles. The van der Waals surface area contributed by atoms with Gasteiger partial charge < -0.3 is 50.9 Å².